The fourth-order valence-corrected chi connectivity index (χ4v) is 4.18. The van der Waals surface area contributed by atoms with Crippen molar-refractivity contribution in [3.8, 4) is 6.07 Å². The molecule has 0 saturated heterocycles. The van der Waals surface area contributed by atoms with Gasteiger partial charge in [-0.15, -0.1) is 0 Å². The van der Waals surface area contributed by atoms with Crippen LogP contribution in [-0.4, -0.2) is 18.8 Å². The summed E-state index contributed by atoms with van der Waals surface area (Å²) >= 11 is 6.07. The monoisotopic (exact) mass is 304 g/mol. The maximum atomic E-state index is 9.25. The zero-order valence-electron chi connectivity index (χ0n) is 12.4. The summed E-state index contributed by atoms with van der Waals surface area (Å²) in [6, 6.07) is 8.03. The first-order chi connectivity index (χ1) is 10.2. The molecule has 1 aromatic carbocycles. The van der Waals surface area contributed by atoms with Gasteiger partial charge in [0, 0.05) is 23.1 Å². The van der Waals surface area contributed by atoms with Crippen LogP contribution in [0.15, 0.2) is 18.2 Å². The Balaban J connectivity index is 1.80. The standard InChI is InChI=1S/C17H21ClN2O/c1-2-21-16-10-15(17(16)7-3-4-8-17)20-14-9-13(18)6-5-12(14)11-19/h5-6,9,15-16,20H,2-4,7-8,10H2,1H3. The van der Waals surface area contributed by atoms with Crippen molar-refractivity contribution in [2.45, 2.75) is 51.2 Å². The average Bonchev–Trinajstić information content (AvgIpc) is 2.99. The Hall–Kier alpha value is -1.24. The summed E-state index contributed by atoms with van der Waals surface area (Å²) in [5.41, 5.74) is 1.77. The molecule has 1 spiro atoms. The number of halogens is 1. The van der Waals surface area contributed by atoms with Crippen LogP contribution in [-0.2, 0) is 4.74 Å². The Bertz CT molecular complexity index is 560. The molecule has 2 atom stereocenters. The van der Waals surface area contributed by atoms with Crippen LogP contribution in [0.2, 0.25) is 5.02 Å². The van der Waals surface area contributed by atoms with Gasteiger partial charge in [0.15, 0.2) is 0 Å². The van der Waals surface area contributed by atoms with Crippen molar-refractivity contribution in [3.63, 3.8) is 0 Å². The number of anilines is 1. The van der Waals surface area contributed by atoms with Crippen LogP contribution in [0.1, 0.15) is 44.6 Å². The second-order valence-corrected chi connectivity index (χ2v) is 6.56. The lowest BCUT2D eigenvalue weighted by atomic mass is 9.60. The SMILES string of the molecule is CCOC1CC(Nc2cc(Cl)ccc2C#N)C12CCCC2. The molecular formula is C17H21ClN2O. The van der Waals surface area contributed by atoms with Gasteiger partial charge in [0.05, 0.1) is 17.4 Å². The Morgan fingerprint density at radius 3 is 2.86 bits per heavy atom. The molecule has 2 aliphatic rings. The molecule has 2 fully saturated rings. The van der Waals surface area contributed by atoms with Crippen molar-refractivity contribution in [2.24, 2.45) is 5.41 Å². The maximum Gasteiger partial charge on any atom is 0.101 e. The highest BCUT2D eigenvalue weighted by molar-refractivity contribution is 6.30. The van der Waals surface area contributed by atoms with Crippen LogP contribution >= 0.6 is 11.6 Å². The Morgan fingerprint density at radius 2 is 2.19 bits per heavy atom. The minimum atomic E-state index is 0.255. The van der Waals surface area contributed by atoms with Crippen LogP contribution in [0, 0.1) is 16.7 Å². The van der Waals surface area contributed by atoms with Crippen LogP contribution in [0.4, 0.5) is 5.69 Å². The molecule has 0 aromatic heterocycles. The quantitative estimate of drug-likeness (QED) is 0.899. The lowest BCUT2D eigenvalue weighted by Gasteiger charge is -2.54. The third-order valence-electron chi connectivity index (χ3n) is 5.12. The van der Waals surface area contributed by atoms with Crippen LogP contribution in [0.25, 0.3) is 0 Å². The fraction of sp³-hybridized carbons (Fsp3) is 0.588. The van der Waals surface area contributed by atoms with Crippen LogP contribution in [0.3, 0.4) is 0 Å². The molecule has 0 heterocycles. The van der Waals surface area contributed by atoms with Gasteiger partial charge in [-0.1, -0.05) is 24.4 Å². The van der Waals surface area contributed by atoms with Gasteiger partial charge in [-0.3, -0.25) is 0 Å². The topological polar surface area (TPSA) is 45.0 Å². The highest BCUT2D eigenvalue weighted by Crippen LogP contribution is 2.55. The van der Waals surface area contributed by atoms with Crippen LogP contribution < -0.4 is 5.32 Å². The Kier molecular flexibility index (Phi) is 4.10. The summed E-state index contributed by atoms with van der Waals surface area (Å²) in [6.45, 7) is 2.84. The van der Waals surface area contributed by atoms with E-state index in [9.17, 15) is 5.26 Å². The molecule has 2 aliphatic carbocycles. The predicted molar refractivity (Wildman–Crippen MR) is 84.5 cm³/mol. The smallest absolute Gasteiger partial charge is 0.101 e. The van der Waals surface area contributed by atoms with Gasteiger partial charge in [-0.05, 0) is 44.4 Å². The number of rotatable bonds is 4. The van der Waals surface area contributed by atoms with E-state index in [4.69, 9.17) is 16.3 Å². The molecular weight excluding hydrogens is 284 g/mol. The van der Waals surface area contributed by atoms with Gasteiger partial charge in [0.25, 0.3) is 0 Å². The molecule has 112 valence electrons. The summed E-state index contributed by atoms with van der Waals surface area (Å²) in [6.07, 6.45) is 6.39. The van der Waals surface area contributed by atoms with E-state index in [1.807, 2.05) is 6.07 Å². The molecule has 0 bridgehead atoms. The molecule has 2 saturated carbocycles. The number of benzene rings is 1. The lowest BCUT2D eigenvalue weighted by molar-refractivity contribution is -0.114. The van der Waals surface area contributed by atoms with E-state index in [0.29, 0.717) is 22.7 Å². The molecule has 0 aliphatic heterocycles. The van der Waals surface area contributed by atoms with Crippen LogP contribution in [0.5, 0.6) is 0 Å². The first-order valence-electron chi connectivity index (χ1n) is 7.77. The van der Waals surface area contributed by atoms with E-state index in [1.54, 1.807) is 12.1 Å². The first-order valence-corrected chi connectivity index (χ1v) is 8.15. The van der Waals surface area contributed by atoms with E-state index < -0.39 is 0 Å². The highest BCUT2D eigenvalue weighted by Gasteiger charge is 2.56. The summed E-state index contributed by atoms with van der Waals surface area (Å²) in [5, 5.41) is 13.5. The normalized spacial score (nSPS) is 26.3. The van der Waals surface area contributed by atoms with Crippen molar-refractivity contribution in [1.29, 1.82) is 5.26 Å². The average molecular weight is 305 g/mol. The fourth-order valence-electron chi connectivity index (χ4n) is 4.01. The number of nitrogens with zero attached hydrogens (tertiary/aromatic N) is 1. The Morgan fingerprint density at radius 1 is 1.43 bits per heavy atom. The zero-order valence-corrected chi connectivity index (χ0v) is 13.1. The first kappa shape index (κ1) is 14.7. The second-order valence-electron chi connectivity index (χ2n) is 6.12. The number of hydrogen-bond donors (Lipinski definition) is 1. The largest absolute Gasteiger partial charge is 0.380 e. The molecule has 1 N–H and O–H groups in total. The molecule has 3 nitrogen and oxygen atoms in total. The van der Waals surface area contributed by atoms with E-state index in [0.717, 1.165) is 18.7 Å². The van der Waals surface area contributed by atoms with Crippen molar-refractivity contribution in [3.05, 3.63) is 28.8 Å². The van der Waals surface area contributed by atoms with Crippen molar-refractivity contribution in [1.82, 2.24) is 0 Å². The number of hydrogen-bond acceptors (Lipinski definition) is 3. The van der Waals surface area contributed by atoms with Gasteiger partial charge < -0.3 is 10.1 Å². The third-order valence-corrected chi connectivity index (χ3v) is 5.35. The number of nitrogens with one attached hydrogen (secondary N) is 1. The minimum absolute atomic E-state index is 0.255. The van der Waals surface area contributed by atoms with E-state index in [1.165, 1.54) is 25.7 Å². The van der Waals surface area contributed by atoms with Gasteiger partial charge in [0.2, 0.25) is 0 Å². The molecule has 3 rings (SSSR count). The maximum absolute atomic E-state index is 9.25. The van der Waals surface area contributed by atoms with E-state index in [2.05, 4.69) is 18.3 Å². The molecule has 0 radical (unpaired) electrons. The molecule has 1 aromatic rings. The molecule has 0 amide bonds. The molecule has 4 heteroatoms. The Labute approximate surface area is 131 Å². The predicted octanol–water partition coefficient (Wildman–Crippen LogP) is 4.36. The summed E-state index contributed by atoms with van der Waals surface area (Å²) in [5.74, 6) is 0. The highest BCUT2D eigenvalue weighted by atomic mass is 35.5. The zero-order chi connectivity index (χ0) is 14.9. The van der Waals surface area contributed by atoms with Crippen molar-refractivity contribution in [2.75, 3.05) is 11.9 Å². The number of nitriles is 1. The van der Waals surface area contributed by atoms with Crippen molar-refractivity contribution < 1.29 is 4.74 Å². The van der Waals surface area contributed by atoms with E-state index >= 15 is 0 Å². The number of ether oxygens (including phenoxy) is 1. The van der Waals surface area contributed by atoms with Gasteiger partial charge in [-0.25, -0.2) is 0 Å². The van der Waals surface area contributed by atoms with Gasteiger partial charge in [-0.2, -0.15) is 5.26 Å². The lowest BCUT2D eigenvalue weighted by Crippen LogP contribution is -2.60. The third kappa shape index (κ3) is 2.52. The summed E-state index contributed by atoms with van der Waals surface area (Å²) in [7, 11) is 0. The second kappa shape index (κ2) is 5.87. The summed E-state index contributed by atoms with van der Waals surface area (Å²) < 4.78 is 5.93. The molecule has 21 heavy (non-hydrogen) atoms. The summed E-state index contributed by atoms with van der Waals surface area (Å²) in [4.78, 5) is 0. The molecule has 2 unspecified atom stereocenters. The van der Waals surface area contributed by atoms with Crippen molar-refractivity contribution >= 4 is 17.3 Å². The van der Waals surface area contributed by atoms with E-state index in [-0.39, 0.29) is 5.41 Å². The van der Waals surface area contributed by atoms with Gasteiger partial charge in [0.1, 0.15) is 6.07 Å². The minimum Gasteiger partial charge on any atom is -0.380 e. The van der Waals surface area contributed by atoms with Gasteiger partial charge >= 0.3 is 0 Å².